The molecule has 0 aromatic rings. The van der Waals surface area contributed by atoms with Crippen molar-refractivity contribution in [3.05, 3.63) is 12.2 Å². The lowest BCUT2D eigenvalue weighted by Crippen LogP contribution is -1.92. The molecule has 0 aliphatic heterocycles. The topological polar surface area (TPSA) is 0 Å². The van der Waals surface area contributed by atoms with E-state index in [1.54, 1.807) is 0 Å². The van der Waals surface area contributed by atoms with E-state index in [1.165, 1.54) is 51.4 Å². The van der Waals surface area contributed by atoms with E-state index in [0.717, 1.165) is 29.6 Å². The van der Waals surface area contributed by atoms with Gasteiger partial charge in [0.05, 0.1) is 0 Å². The summed E-state index contributed by atoms with van der Waals surface area (Å²) in [6.45, 7) is 11.8. The van der Waals surface area contributed by atoms with Crippen LogP contribution in [0.15, 0.2) is 12.2 Å². The highest BCUT2D eigenvalue weighted by Crippen LogP contribution is 2.52. The second kappa shape index (κ2) is 9.64. The van der Waals surface area contributed by atoms with Gasteiger partial charge >= 0.3 is 0 Å². The Kier molecular flexibility index (Phi) is 8.57. The van der Waals surface area contributed by atoms with Crippen LogP contribution >= 0.6 is 0 Å². The van der Waals surface area contributed by atoms with Crippen molar-refractivity contribution < 1.29 is 0 Å². The Hall–Kier alpha value is -0.260. The minimum Gasteiger partial charge on any atom is -0.0885 e. The molecule has 1 aliphatic rings. The van der Waals surface area contributed by atoms with E-state index >= 15 is 0 Å². The molecule has 1 rings (SSSR count). The van der Waals surface area contributed by atoms with Crippen molar-refractivity contribution in [3.8, 4) is 0 Å². The summed E-state index contributed by atoms with van der Waals surface area (Å²) in [5, 5.41) is 0. The summed E-state index contributed by atoms with van der Waals surface area (Å²) >= 11 is 0. The Morgan fingerprint density at radius 1 is 0.900 bits per heavy atom. The Morgan fingerprint density at radius 2 is 1.55 bits per heavy atom. The molecule has 4 atom stereocenters. The van der Waals surface area contributed by atoms with Crippen LogP contribution in [-0.2, 0) is 0 Å². The standard InChI is InChI=1S/C20H38/c1-6-7-12-17(4)13-10-15-20-18(5)19(20)14-9-8-11-16(2)3/h7,12,16-20H,6,8-11,13-15H2,1-5H3. The van der Waals surface area contributed by atoms with E-state index < -0.39 is 0 Å². The van der Waals surface area contributed by atoms with Gasteiger partial charge in [0.1, 0.15) is 0 Å². The molecule has 0 saturated heterocycles. The van der Waals surface area contributed by atoms with Gasteiger partial charge in [-0.15, -0.1) is 0 Å². The molecule has 0 aromatic heterocycles. The number of rotatable bonds is 11. The Balaban J connectivity index is 2.03. The van der Waals surface area contributed by atoms with Crippen molar-refractivity contribution in [2.45, 2.75) is 86.0 Å². The maximum atomic E-state index is 2.48. The van der Waals surface area contributed by atoms with Crippen LogP contribution in [-0.4, -0.2) is 0 Å². The molecule has 20 heavy (non-hydrogen) atoms. The van der Waals surface area contributed by atoms with Gasteiger partial charge in [0.25, 0.3) is 0 Å². The minimum absolute atomic E-state index is 0.786. The van der Waals surface area contributed by atoms with E-state index in [1.807, 2.05) is 0 Å². The van der Waals surface area contributed by atoms with Crippen molar-refractivity contribution in [2.24, 2.45) is 29.6 Å². The van der Waals surface area contributed by atoms with Gasteiger partial charge in [-0.25, -0.2) is 0 Å². The van der Waals surface area contributed by atoms with Crippen LogP contribution in [0.3, 0.4) is 0 Å². The molecule has 0 spiro atoms. The average molecular weight is 279 g/mol. The SMILES string of the molecule is CCC=CC(C)CCCC1C(C)C1CCCCC(C)C. The molecular formula is C20H38. The van der Waals surface area contributed by atoms with Crippen LogP contribution in [0.1, 0.15) is 86.0 Å². The molecule has 1 fully saturated rings. The zero-order chi connectivity index (χ0) is 15.0. The zero-order valence-corrected chi connectivity index (χ0v) is 14.7. The van der Waals surface area contributed by atoms with Crippen LogP contribution < -0.4 is 0 Å². The number of hydrogen-bond acceptors (Lipinski definition) is 0. The third-order valence-corrected chi connectivity index (χ3v) is 5.23. The van der Waals surface area contributed by atoms with Gasteiger partial charge in [-0.3, -0.25) is 0 Å². The molecule has 0 nitrogen and oxygen atoms in total. The van der Waals surface area contributed by atoms with E-state index in [2.05, 4.69) is 46.8 Å². The molecule has 0 amide bonds. The first-order chi connectivity index (χ1) is 9.56. The average Bonchev–Trinajstić information content (AvgIpc) is 3.01. The summed E-state index contributed by atoms with van der Waals surface area (Å²) in [5.41, 5.74) is 0. The van der Waals surface area contributed by atoms with E-state index in [9.17, 15) is 0 Å². The van der Waals surface area contributed by atoms with Crippen LogP contribution in [0, 0.1) is 29.6 Å². The molecular weight excluding hydrogens is 240 g/mol. The van der Waals surface area contributed by atoms with Crippen molar-refractivity contribution in [2.75, 3.05) is 0 Å². The normalized spacial score (nSPS) is 27.4. The molecule has 0 aromatic carbocycles. The monoisotopic (exact) mass is 278 g/mol. The smallest absolute Gasteiger partial charge is 0.0262 e. The summed E-state index contributed by atoms with van der Waals surface area (Å²) in [6, 6.07) is 0. The second-order valence-electron chi connectivity index (χ2n) is 7.61. The molecule has 0 radical (unpaired) electrons. The van der Waals surface area contributed by atoms with Crippen molar-refractivity contribution in [1.82, 2.24) is 0 Å². The fraction of sp³-hybridized carbons (Fsp3) is 0.900. The van der Waals surface area contributed by atoms with Crippen LogP contribution in [0.2, 0.25) is 0 Å². The predicted octanol–water partition coefficient (Wildman–Crippen LogP) is 6.86. The fourth-order valence-electron chi connectivity index (χ4n) is 3.66. The summed E-state index contributed by atoms with van der Waals surface area (Å²) in [6.07, 6.45) is 16.1. The van der Waals surface area contributed by atoms with Crippen molar-refractivity contribution in [3.63, 3.8) is 0 Å². The van der Waals surface area contributed by atoms with E-state index in [0.29, 0.717) is 0 Å². The van der Waals surface area contributed by atoms with Crippen LogP contribution in [0.4, 0.5) is 0 Å². The number of unbranched alkanes of at least 4 members (excludes halogenated alkanes) is 1. The van der Waals surface area contributed by atoms with E-state index in [-0.39, 0.29) is 0 Å². The summed E-state index contributed by atoms with van der Waals surface area (Å²) in [4.78, 5) is 0. The molecule has 0 heteroatoms. The molecule has 0 N–H and O–H groups in total. The Bertz CT molecular complexity index is 263. The van der Waals surface area contributed by atoms with Gasteiger partial charge in [-0.2, -0.15) is 0 Å². The highest BCUT2D eigenvalue weighted by molar-refractivity contribution is 4.94. The first-order valence-corrected chi connectivity index (χ1v) is 9.22. The van der Waals surface area contributed by atoms with Crippen molar-refractivity contribution >= 4 is 0 Å². The Labute approximate surface area is 128 Å². The van der Waals surface area contributed by atoms with Gasteiger partial charge < -0.3 is 0 Å². The highest BCUT2D eigenvalue weighted by Gasteiger charge is 2.44. The number of allylic oxidation sites excluding steroid dienone is 2. The minimum atomic E-state index is 0.786. The third kappa shape index (κ3) is 6.95. The Morgan fingerprint density at radius 3 is 2.15 bits per heavy atom. The van der Waals surface area contributed by atoms with Gasteiger partial charge in [0.15, 0.2) is 0 Å². The van der Waals surface area contributed by atoms with Crippen molar-refractivity contribution in [1.29, 1.82) is 0 Å². The summed E-state index contributed by atoms with van der Waals surface area (Å²) < 4.78 is 0. The van der Waals surface area contributed by atoms with Crippen LogP contribution in [0.5, 0.6) is 0 Å². The number of hydrogen-bond donors (Lipinski definition) is 0. The summed E-state index contributed by atoms with van der Waals surface area (Å²) in [5.74, 6) is 4.84. The van der Waals surface area contributed by atoms with E-state index in [4.69, 9.17) is 0 Å². The second-order valence-corrected chi connectivity index (χ2v) is 7.61. The van der Waals surface area contributed by atoms with Crippen LogP contribution in [0.25, 0.3) is 0 Å². The maximum Gasteiger partial charge on any atom is -0.0262 e. The molecule has 1 saturated carbocycles. The lowest BCUT2D eigenvalue weighted by molar-refractivity contribution is 0.488. The lowest BCUT2D eigenvalue weighted by Gasteiger charge is -2.06. The zero-order valence-electron chi connectivity index (χ0n) is 14.7. The van der Waals surface area contributed by atoms with Gasteiger partial charge in [0.2, 0.25) is 0 Å². The fourth-order valence-corrected chi connectivity index (χ4v) is 3.66. The predicted molar refractivity (Wildman–Crippen MR) is 91.9 cm³/mol. The molecule has 1 aliphatic carbocycles. The quantitative estimate of drug-likeness (QED) is 0.286. The molecule has 0 bridgehead atoms. The largest absolute Gasteiger partial charge is 0.0885 e. The van der Waals surface area contributed by atoms with Gasteiger partial charge in [-0.05, 0) is 55.3 Å². The highest BCUT2D eigenvalue weighted by atomic mass is 14.5. The third-order valence-electron chi connectivity index (χ3n) is 5.23. The maximum absolute atomic E-state index is 2.48. The summed E-state index contributed by atoms with van der Waals surface area (Å²) in [7, 11) is 0. The van der Waals surface area contributed by atoms with Gasteiger partial charge in [-0.1, -0.05) is 72.5 Å². The molecule has 4 unspecified atom stereocenters. The van der Waals surface area contributed by atoms with Gasteiger partial charge in [0, 0.05) is 0 Å². The lowest BCUT2D eigenvalue weighted by atomic mass is 10.00. The molecule has 0 heterocycles. The molecule has 118 valence electrons. The first-order valence-electron chi connectivity index (χ1n) is 9.22. The first kappa shape index (κ1) is 17.8.